The lowest BCUT2D eigenvalue weighted by molar-refractivity contribution is -0.143. The van der Waals surface area contributed by atoms with E-state index in [0.29, 0.717) is 25.9 Å². The molecule has 0 aromatic carbocycles. The second kappa shape index (κ2) is 56.2. The van der Waals surface area contributed by atoms with Crippen molar-refractivity contribution in [3.05, 3.63) is 12.2 Å². The van der Waals surface area contributed by atoms with Gasteiger partial charge in [-0.3, -0.25) is 9.59 Å². The molecule has 0 aromatic rings. The summed E-state index contributed by atoms with van der Waals surface area (Å²) in [6.07, 6.45) is 66.4. The number of nitrogens with one attached hydrogen (secondary N) is 1. The van der Waals surface area contributed by atoms with Gasteiger partial charge in [0.2, 0.25) is 5.91 Å². The van der Waals surface area contributed by atoms with E-state index in [1.807, 2.05) is 0 Å². The Morgan fingerprint density at radius 3 is 1.08 bits per heavy atom. The highest BCUT2D eigenvalue weighted by atomic mass is 16.5. The molecule has 0 aromatic heterocycles. The number of aliphatic hydroxyl groups excluding tert-OH is 2. The molecule has 0 fully saturated rings. The molecule has 0 radical (unpaired) electrons. The Kier molecular flexibility index (Phi) is 55.0. The standard InChI is InChI=1S/C60H117NO5/c1-3-5-7-9-11-13-15-17-19-21-22-23-24-25-26-27-29-32-36-40-44-48-52-58(63)57(56-62)61-59(64)53-49-45-41-37-33-31-35-39-43-47-51-55-66-60(65)54-50-46-42-38-34-30-28-20-18-16-14-12-10-8-6-4-2/h35,39,57-58,62-63H,3-34,36-38,40-56H2,1-2H3,(H,61,64)/b39-35-. The molecule has 0 aliphatic carbocycles. The molecule has 1 amide bonds. The van der Waals surface area contributed by atoms with Gasteiger partial charge in [0.25, 0.3) is 0 Å². The number of allylic oxidation sites excluding steroid dienone is 2. The van der Waals surface area contributed by atoms with Crippen LogP contribution in [0.2, 0.25) is 0 Å². The molecule has 0 spiro atoms. The maximum Gasteiger partial charge on any atom is 0.305 e. The van der Waals surface area contributed by atoms with Crippen molar-refractivity contribution < 1.29 is 24.5 Å². The van der Waals surface area contributed by atoms with Crippen LogP contribution < -0.4 is 5.32 Å². The van der Waals surface area contributed by atoms with Crippen LogP contribution in [0.5, 0.6) is 0 Å². The van der Waals surface area contributed by atoms with Crippen LogP contribution in [-0.2, 0) is 14.3 Å². The van der Waals surface area contributed by atoms with Crippen molar-refractivity contribution in [1.82, 2.24) is 5.32 Å². The highest BCUT2D eigenvalue weighted by molar-refractivity contribution is 5.76. The Bertz CT molecular complexity index is 986. The van der Waals surface area contributed by atoms with E-state index in [9.17, 15) is 19.8 Å². The average Bonchev–Trinajstić information content (AvgIpc) is 3.32. The minimum atomic E-state index is -0.682. The lowest BCUT2D eigenvalue weighted by atomic mass is 10.0. The zero-order valence-electron chi connectivity index (χ0n) is 44.7. The second-order valence-corrected chi connectivity index (χ2v) is 20.7. The van der Waals surface area contributed by atoms with Crippen LogP contribution in [-0.4, -0.2) is 47.4 Å². The van der Waals surface area contributed by atoms with Crippen LogP contribution in [0.25, 0.3) is 0 Å². The SMILES string of the molecule is CCCCCCCCCCCCCCCCCCCCCCCCC(O)C(CO)NC(=O)CCCCCCC/C=C\CCCCOC(=O)CCCCCCCCCCCCCCCCCC. The van der Waals surface area contributed by atoms with E-state index in [0.717, 1.165) is 77.0 Å². The van der Waals surface area contributed by atoms with Crippen molar-refractivity contribution in [2.24, 2.45) is 0 Å². The number of carbonyl (C=O) groups is 2. The van der Waals surface area contributed by atoms with Gasteiger partial charge in [0.15, 0.2) is 0 Å². The van der Waals surface area contributed by atoms with E-state index in [-0.39, 0.29) is 18.5 Å². The largest absolute Gasteiger partial charge is 0.466 e. The molecule has 0 saturated heterocycles. The molecule has 6 nitrogen and oxygen atoms in total. The number of hydrogen-bond acceptors (Lipinski definition) is 5. The normalized spacial score (nSPS) is 12.6. The maximum absolute atomic E-state index is 12.5. The third kappa shape index (κ3) is 52.0. The molecule has 0 saturated carbocycles. The van der Waals surface area contributed by atoms with Crippen LogP contribution in [0.15, 0.2) is 12.2 Å². The number of amides is 1. The Labute approximate surface area is 412 Å². The number of rotatable bonds is 56. The van der Waals surface area contributed by atoms with E-state index in [1.54, 1.807) is 0 Å². The Morgan fingerprint density at radius 1 is 0.409 bits per heavy atom. The monoisotopic (exact) mass is 932 g/mol. The molecule has 3 N–H and O–H groups in total. The van der Waals surface area contributed by atoms with Crippen molar-refractivity contribution in [3.8, 4) is 0 Å². The summed E-state index contributed by atoms with van der Waals surface area (Å²) < 4.78 is 5.45. The van der Waals surface area contributed by atoms with Crippen LogP contribution in [0.1, 0.15) is 335 Å². The summed E-state index contributed by atoms with van der Waals surface area (Å²) in [5.74, 6) is -0.0865. The molecule has 0 heterocycles. The lowest BCUT2D eigenvalue weighted by Crippen LogP contribution is -2.45. The van der Waals surface area contributed by atoms with Crippen molar-refractivity contribution >= 4 is 11.9 Å². The fourth-order valence-electron chi connectivity index (χ4n) is 9.46. The number of esters is 1. The summed E-state index contributed by atoms with van der Waals surface area (Å²) in [7, 11) is 0. The predicted molar refractivity (Wildman–Crippen MR) is 287 cm³/mol. The van der Waals surface area contributed by atoms with E-state index in [4.69, 9.17) is 4.74 Å². The van der Waals surface area contributed by atoms with Crippen LogP contribution in [0.4, 0.5) is 0 Å². The van der Waals surface area contributed by atoms with Gasteiger partial charge in [0.1, 0.15) is 0 Å². The van der Waals surface area contributed by atoms with E-state index in [2.05, 4.69) is 31.3 Å². The Hall–Kier alpha value is -1.40. The molecule has 0 bridgehead atoms. The average molecular weight is 933 g/mol. The minimum Gasteiger partial charge on any atom is -0.466 e. The summed E-state index contributed by atoms with van der Waals surface area (Å²) in [4.78, 5) is 24.6. The van der Waals surface area contributed by atoms with E-state index < -0.39 is 12.1 Å². The fourth-order valence-corrected chi connectivity index (χ4v) is 9.46. The Balaban J connectivity index is 3.48. The molecule has 0 rings (SSSR count). The molecule has 6 heteroatoms. The summed E-state index contributed by atoms with van der Waals surface area (Å²) in [5, 5.41) is 23.3. The number of hydrogen-bond donors (Lipinski definition) is 3. The number of carbonyl (C=O) groups excluding carboxylic acids is 2. The van der Waals surface area contributed by atoms with Crippen molar-refractivity contribution in [1.29, 1.82) is 0 Å². The van der Waals surface area contributed by atoms with Gasteiger partial charge in [-0.1, -0.05) is 283 Å². The van der Waals surface area contributed by atoms with E-state index in [1.165, 1.54) is 225 Å². The predicted octanol–water partition coefficient (Wildman–Crippen LogP) is 18.5. The molecule has 0 aliphatic heterocycles. The zero-order valence-corrected chi connectivity index (χ0v) is 44.7. The van der Waals surface area contributed by atoms with Gasteiger partial charge in [-0.2, -0.15) is 0 Å². The van der Waals surface area contributed by atoms with Gasteiger partial charge in [-0.25, -0.2) is 0 Å². The number of aliphatic hydroxyl groups is 2. The third-order valence-electron chi connectivity index (χ3n) is 14.1. The molecule has 2 unspecified atom stereocenters. The molecule has 0 aliphatic rings. The number of unbranched alkanes of at least 4 members (excludes halogenated alkanes) is 43. The van der Waals surface area contributed by atoms with Gasteiger partial charge < -0.3 is 20.3 Å². The fraction of sp³-hybridized carbons (Fsp3) is 0.933. The summed E-state index contributed by atoms with van der Waals surface area (Å²) in [6.45, 7) is 4.91. The summed E-state index contributed by atoms with van der Waals surface area (Å²) >= 11 is 0. The molecule has 392 valence electrons. The smallest absolute Gasteiger partial charge is 0.305 e. The highest BCUT2D eigenvalue weighted by Crippen LogP contribution is 2.18. The number of ether oxygens (including phenoxy) is 1. The van der Waals surface area contributed by atoms with E-state index >= 15 is 0 Å². The first-order valence-corrected chi connectivity index (χ1v) is 29.9. The third-order valence-corrected chi connectivity index (χ3v) is 14.1. The first kappa shape index (κ1) is 64.6. The quantitative estimate of drug-likeness (QED) is 0.0321. The molecular formula is C60H117NO5. The molecular weight excluding hydrogens is 815 g/mol. The molecule has 66 heavy (non-hydrogen) atoms. The van der Waals surface area contributed by atoms with Crippen molar-refractivity contribution in [2.75, 3.05) is 13.2 Å². The Morgan fingerprint density at radius 2 is 0.712 bits per heavy atom. The minimum absolute atomic E-state index is 0.0265. The van der Waals surface area contributed by atoms with Crippen LogP contribution in [0, 0.1) is 0 Å². The van der Waals surface area contributed by atoms with Crippen LogP contribution in [0.3, 0.4) is 0 Å². The van der Waals surface area contributed by atoms with Crippen LogP contribution >= 0.6 is 0 Å². The van der Waals surface area contributed by atoms with Gasteiger partial charge in [0, 0.05) is 12.8 Å². The van der Waals surface area contributed by atoms with Gasteiger partial charge in [-0.15, -0.1) is 0 Å². The molecule has 2 atom stereocenters. The van der Waals surface area contributed by atoms with Gasteiger partial charge in [0.05, 0.1) is 25.4 Å². The summed E-state index contributed by atoms with van der Waals surface area (Å²) in [5.41, 5.74) is 0. The second-order valence-electron chi connectivity index (χ2n) is 20.7. The first-order chi connectivity index (χ1) is 32.5. The van der Waals surface area contributed by atoms with Crippen molar-refractivity contribution in [2.45, 2.75) is 347 Å². The van der Waals surface area contributed by atoms with Gasteiger partial charge in [-0.05, 0) is 51.4 Å². The topological polar surface area (TPSA) is 95.9 Å². The first-order valence-electron chi connectivity index (χ1n) is 29.9. The van der Waals surface area contributed by atoms with Gasteiger partial charge >= 0.3 is 5.97 Å². The lowest BCUT2D eigenvalue weighted by Gasteiger charge is -2.22. The summed E-state index contributed by atoms with van der Waals surface area (Å²) in [6, 6.07) is -0.562. The van der Waals surface area contributed by atoms with Crippen molar-refractivity contribution in [3.63, 3.8) is 0 Å². The maximum atomic E-state index is 12.5. The highest BCUT2D eigenvalue weighted by Gasteiger charge is 2.20. The zero-order chi connectivity index (χ0) is 47.9.